The first-order valence-electron chi connectivity index (χ1n) is 10.4. The zero-order chi connectivity index (χ0) is 25.2. The Labute approximate surface area is 199 Å². The Morgan fingerprint density at radius 1 is 0.971 bits per heavy atom. The average Bonchev–Trinajstić information content (AvgIpc) is 3.20. The van der Waals surface area contributed by atoms with E-state index in [9.17, 15) is 21.6 Å². The van der Waals surface area contributed by atoms with Crippen molar-refractivity contribution in [1.29, 1.82) is 0 Å². The quantitative estimate of drug-likeness (QED) is 0.236. The maximum Gasteiger partial charge on any atom is 0.534 e. The zero-order valence-electron chi connectivity index (χ0n) is 18.7. The van der Waals surface area contributed by atoms with Gasteiger partial charge in [-0.3, -0.25) is 0 Å². The van der Waals surface area contributed by atoms with Gasteiger partial charge < -0.3 is 18.2 Å². The Kier molecular flexibility index (Phi) is 6.73. The Hall–Kier alpha value is -3.57. The van der Waals surface area contributed by atoms with Crippen LogP contribution in [0.25, 0.3) is 33.6 Å². The highest BCUT2D eigenvalue weighted by Gasteiger charge is 2.49. The van der Waals surface area contributed by atoms with Gasteiger partial charge in [-0.2, -0.15) is 21.6 Å². The van der Waals surface area contributed by atoms with Crippen LogP contribution in [0.3, 0.4) is 0 Å². The number of hydrogen-bond donors (Lipinski definition) is 0. The third-order valence-corrected chi connectivity index (χ3v) is 5.99. The van der Waals surface area contributed by atoms with Crippen LogP contribution in [0, 0.1) is 0 Å². The second-order valence-corrected chi connectivity index (χ2v) is 9.36. The van der Waals surface area contributed by atoms with E-state index < -0.39 is 21.4 Å². The predicted octanol–water partition coefficient (Wildman–Crippen LogP) is 5.33. The van der Waals surface area contributed by atoms with Crippen LogP contribution in [-0.2, 0) is 10.1 Å². The van der Waals surface area contributed by atoms with Gasteiger partial charge in [0.15, 0.2) is 5.75 Å². The Balaban J connectivity index is 1.83. The second kappa shape index (κ2) is 9.59. The van der Waals surface area contributed by atoms with Crippen molar-refractivity contribution >= 4 is 21.2 Å². The summed E-state index contributed by atoms with van der Waals surface area (Å²) >= 11 is 0. The number of alkyl halides is 3. The van der Waals surface area contributed by atoms with E-state index in [1.54, 1.807) is 54.6 Å². The molecule has 4 rings (SSSR count). The summed E-state index contributed by atoms with van der Waals surface area (Å²) < 4.78 is 78.7. The van der Waals surface area contributed by atoms with Gasteiger partial charge in [-0.05, 0) is 43.9 Å². The van der Waals surface area contributed by atoms with E-state index in [0.29, 0.717) is 34.8 Å². The highest BCUT2D eigenvalue weighted by Crippen LogP contribution is 2.45. The van der Waals surface area contributed by atoms with E-state index in [4.69, 9.17) is 9.15 Å². The van der Waals surface area contributed by atoms with Crippen molar-refractivity contribution in [1.82, 2.24) is 9.88 Å². The van der Waals surface area contributed by atoms with Crippen molar-refractivity contribution < 1.29 is 34.9 Å². The lowest BCUT2D eigenvalue weighted by Crippen LogP contribution is -2.28. The van der Waals surface area contributed by atoms with Crippen LogP contribution in [0.1, 0.15) is 0 Å². The molecule has 2 aromatic carbocycles. The summed E-state index contributed by atoms with van der Waals surface area (Å²) in [5.41, 5.74) is -4.14. The molecule has 0 aliphatic rings. The fourth-order valence-corrected chi connectivity index (χ4v) is 3.83. The van der Waals surface area contributed by atoms with E-state index in [1.165, 1.54) is 0 Å². The van der Waals surface area contributed by atoms with Crippen LogP contribution in [0.4, 0.5) is 13.2 Å². The fourth-order valence-electron chi connectivity index (χ4n) is 3.36. The first-order valence-corrected chi connectivity index (χ1v) is 11.8. The number of benzene rings is 2. The van der Waals surface area contributed by atoms with E-state index in [0.717, 1.165) is 18.8 Å². The number of fused-ring (bicyclic) bond motifs is 1. The molecule has 11 heteroatoms. The molecule has 0 fully saturated rings. The summed E-state index contributed by atoms with van der Waals surface area (Å²) in [6.07, 6.45) is 1.12. The molecule has 0 saturated carbocycles. The summed E-state index contributed by atoms with van der Waals surface area (Å²) in [5, 5.41) is 0.00725. The van der Waals surface area contributed by atoms with Crippen molar-refractivity contribution in [2.75, 3.05) is 27.2 Å². The standard InChI is InChI=1S/C24H21F3N2O5S/c1-29(2)14-15-32-18-10-8-17(9-11-18)22-20(16-6-4-3-5-7-16)21-19(12-13-28-23(21)33-22)34-35(30,31)24(25,26)27/h3-13H,14-15H2,1-2H3. The molecule has 4 aromatic rings. The minimum absolute atomic E-state index is 0.00725. The molecule has 0 N–H and O–H groups in total. The van der Waals surface area contributed by atoms with Crippen LogP contribution >= 0.6 is 0 Å². The molecule has 0 radical (unpaired) electrons. The molecule has 0 aliphatic carbocycles. The number of likely N-dealkylation sites (N-methyl/N-ethyl adjacent to an activating group) is 1. The zero-order valence-corrected chi connectivity index (χ0v) is 19.6. The molecule has 2 heterocycles. The van der Waals surface area contributed by atoms with Gasteiger partial charge in [0, 0.05) is 29.9 Å². The lowest BCUT2D eigenvalue weighted by Gasteiger charge is -2.12. The second-order valence-electron chi connectivity index (χ2n) is 7.82. The van der Waals surface area contributed by atoms with Gasteiger partial charge in [-0.15, -0.1) is 0 Å². The van der Waals surface area contributed by atoms with E-state index >= 15 is 0 Å². The van der Waals surface area contributed by atoms with Crippen molar-refractivity contribution in [2.24, 2.45) is 0 Å². The minimum Gasteiger partial charge on any atom is -0.492 e. The number of nitrogens with zero attached hydrogens (tertiary/aromatic N) is 2. The van der Waals surface area contributed by atoms with Crippen molar-refractivity contribution in [3.8, 4) is 33.9 Å². The maximum atomic E-state index is 13.0. The normalized spacial score (nSPS) is 12.3. The molecule has 7 nitrogen and oxygen atoms in total. The first-order chi connectivity index (χ1) is 16.6. The molecule has 0 aliphatic heterocycles. The van der Waals surface area contributed by atoms with Gasteiger partial charge in [-0.25, -0.2) is 4.98 Å². The lowest BCUT2D eigenvalue weighted by atomic mass is 9.99. The van der Waals surface area contributed by atoms with Gasteiger partial charge in [0.05, 0.1) is 5.39 Å². The number of ether oxygens (including phenoxy) is 1. The molecule has 0 saturated heterocycles. The molecule has 0 atom stereocenters. The Morgan fingerprint density at radius 2 is 1.66 bits per heavy atom. The molecular weight excluding hydrogens is 485 g/mol. The Bertz CT molecular complexity index is 1420. The number of hydrogen-bond acceptors (Lipinski definition) is 7. The molecule has 0 spiro atoms. The lowest BCUT2D eigenvalue weighted by molar-refractivity contribution is -0.0499. The maximum absolute atomic E-state index is 13.0. The van der Waals surface area contributed by atoms with Gasteiger partial charge in [0.1, 0.15) is 18.1 Å². The molecule has 0 amide bonds. The van der Waals surface area contributed by atoms with Gasteiger partial charge in [0.25, 0.3) is 0 Å². The SMILES string of the molecule is CN(C)CCOc1ccc(-c2oc3nccc(OS(=O)(=O)C(F)(F)F)c3c2-c2ccccc2)cc1. The first kappa shape index (κ1) is 24.6. The summed E-state index contributed by atoms with van der Waals surface area (Å²) in [5.74, 6) is 0.384. The van der Waals surface area contributed by atoms with Crippen LogP contribution in [0.5, 0.6) is 11.5 Å². The smallest absolute Gasteiger partial charge is 0.492 e. The average molecular weight is 507 g/mol. The minimum atomic E-state index is -5.91. The van der Waals surface area contributed by atoms with Crippen LogP contribution in [0.15, 0.2) is 71.3 Å². The highest BCUT2D eigenvalue weighted by molar-refractivity contribution is 7.88. The highest BCUT2D eigenvalue weighted by atomic mass is 32.2. The van der Waals surface area contributed by atoms with Crippen LogP contribution in [0.2, 0.25) is 0 Å². The summed E-state index contributed by atoms with van der Waals surface area (Å²) in [7, 11) is -2.04. The number of furan rings is 1. The monoisotopic (exact) mass is 506 g/mol. The number of aromatic nitrogens is 1. The van der Waals surface area contributed by atoms with Gasteiger partial charge >= 0.3 is 15.6 Å². The van der Waals surface area contributed by atoms with Crippen molar-refractivity contribution in [3.05, 3.63) is 66.9 Å². The molecule has 2 aromatic heterocycles. The van der Waals surface area contributed by atoms with Crippen molar-refractivity contribution in [2.45, 2.75) is 5.51 Å². The topological polar surface area (TPSA) is 81.9 Å². The molecule has 0 bridgehead atoms. The Morgan fingerprint density at radius 3 is 2.29 bits per heavy atom. The van der Waals surface area contributed by atoms with Gasteiger partial charge in [-0.1, -0.05) is 30.3 Å². The summed E-state index contributed by atoms with van der Waals surface area (Å²) in [6.45, 7) is 1.23. The fraction of sp³-hybridized carbons (Fsp3) is 0.208. The molecule has 0 unspecified atom stereocenters. The van der Waals surface area contributed by atoms with Crippen molar-refractivity contribution in [3.63, 3.8) is 0 Å². The predicted molar refractivity (Wildman–Crippen MR) is 125 cm³/mol. The number of halogens is 3. The summed E-state index contributed by atoms with van der Waals surface area (Å²) in [6, 6.07) is 16.7. The third-order valence-electron chi connectivity index (χ3n) is 5.02. The van der Waals surface area contributed by atoms with Crippen LogP contribution < -0.4 is 8.92 Å². The van der Waals surface area contributed by atoms with Crippen LogP contribution in [-0.4, -0.2) is 51.1 Å². The molecular formula is C24H21F3N2O5S. The molecule has 184 valence electrons. The summed E-state index contributed by atoms with van der Waals surface area (Å²) in [4.78, 5) is 6.08. The van der Waals surface area contributed by atoms with E-state index in [2.05, 4.69) is 9.17 Å². The molecule has 35 heavy (non-hydrogen) atoms. The third kappa shape index (κ3) is 5.25. The number of pyridine rings is 1. The largest absolute Gasteiger partial charge is 0.534 e. The van der Waals surface area contributed by atoms with E-state index in [-0.39, 0.29) is 11.1 Å². The van der Waals surface area contributed by atoms with Gasteiger partial charge in [0.2, 0.25) is 5.71 Å². The van der Waals surface area contributed by atoms with E-state index in [1.807, 2.05) is 19.0 Å². The number of rotatable bonds is 8.